The number of ether oxygens (including phenoxy) is 1. The smallest absolute Gasteiger partial charge is 0.0969 e. The lowest BCUT2D eigenvalue weighted by molar-refractivity contribution is 0.151. The summed E-state index contributed by atoms with van der Waals surface area (Å²) in [6, 6.07) is 0. The first-order valence-corrected chi connectivity index (χ1v) is 4.30. The van der Waals surface area contributed by atoms with Crippen LogP contribution in [-0.4, -0.2) is 12.7 Å². The van der Waals surface area contributed by atoms with Gasteiger partial charge in [-0.1, -0.05) is 32.1 Å². The third-order valence-corrected chi connectivity index (χ3v) is 1.94. The van der Waals surface area contributed by atoms with E-state index in [-0.39, 0.29) is 6.10 Å². The van der Waals surface area contributed by atoms with Crippen LogP contribution in [0.5, 0.6) is 0 Å². The van der Waals surface area contributed by atoms with Crippen LogP contribution in [0, 0.1) is 0 Å². The monoisotopic (exact) mass is 152 g/mol. The number of hydrogen-bond donors (Lipinski definition) is 0. The van der Waals surface area contributed by atoms with E-state index < -0.39 is 0 Å². The summed E-state index contributed by atoms with van der Waals surface area (Å²) in [4.78, 5) is 0. The van der Waals surface area contributed by atoms with E-state index in [1.165, 1.54) is 18.4 Å². The second-order valence-electron chi connectivity index (χ2n) is 2.94. The topological polar surface area (TPSA) is 9.23 Å². The molecule has 0 amide bonds. The van der Waals surface area contributed by atoms with Crippen molar-refractivity contribution in [3.05, 3.63) is 24.3 Å². The summed E-state index contributed by atoms with van der Waals surface area (Å²) in [7, 11) is 0. The summed E-state index contributed by atoms with van der Waals surface area (Å²) in [5, 5.41) is 0. The van der Waals surface area contributed by atoms with Gasteiger partial charge in [-0.25, -0.2) is 0 Å². The van der Waals surface area contributed by atoms with E-state index in [2.05, 4.69) is 25.7 Å². The van der Waals surface area contributed by atoms with Crippen LogP contribution in [0.2, 0.25) is 0 Å². The van der Waals surface area contributed by atoms with Crippen molar-refractivity contribution >= 4 is 0 Å². The first-order chi connectivity index (χ1) is 5.34. The SMILES string of the molecule is C=C(CCCC)C1C=CCO1. The molecule has 0 saturated heterocycles. The molecule has 0 aliphatic carbocycles. The van der Waals surface area contributed by atoms with Crippen LogP contribution in [0.15, 0.2) is 24.3 Å². The summed E-state index contributed by atoms with van der Waals surface area (Å²) in [6.45, 7) is 6.95. The van der Waals surface area contributed by atoms with Crippen molar-refractivity contribution in [3.63, 3.8) is 0 Å². The van der Waals surface area contributed by atoms with E-state index in [0.29, 0.717) is 0 Å². The maximum Gasteiger partial charge on any atom is 0.0969 e. The molecule has 0 saturated carbocycles. The van der Waals surface area contributed by atoms with Gasteiger partial charge in [0.15, 0.2) is 0 Å². The van der Waals surface area contributed by atoms with Gasteiger partial charge in [0.25, 0.3) is 0 Å². The maximum atomic E-state index is 5.40. The predicted molar refractivity (Wildman–Crippen MR) is 47.5 cm³/mol. The number of hydrogen-bond acceptors (Lipinski definition) is 1. The van der Waals surface area contributed by atoms with Crippen molar-refractivity contribution in [1.82, 2.24) is 0 Å². The fraction of sp³-hybridized carbons (Fsp3) is 0.600. The maximum absolute atomic E-state index is 5.40. The molecule has 1 heterocycles. The lowest BCUT2D eigenvalue weighted by Gasteiger charge is -2.10. The predicted octanol–water partition coefficient (Wildman–Crippen LogP) is 2.69. The van der Waals surface area contributed by atoms with Gasteiger partial charge in [-0.05, 0) is 18.4 Å². The van der Waals surface area contributed by atoms with Crippen LogP contribution >= 0.6 is 0 Å². The van der Waals surface area contributed by atoms with Crippen molar-refractivity contribution < 1.29 is 4.74 Å². The average molecular weight is 152 g/mol. The molecule has 0 aromatic heterocycles. The highest BCUT2D eigenvalue weighted by atomic mass is 16.5. The second kappa shape index (κ2) is 4.35. The Morgan fingerprint density at radius 2 is 2.55 bits per heavy atom. The van der Waals surface area contributed by atoms with Gasteiger partial charge in [0, 0.05) is 0 Å². The first-order valence-electron chi connectivity index (χ1n) is 4.30. The van der Waals surface area contributed by atoms with Crippen molar-refractivity contribution in [2.75, 3.05) is 6.61 Å². The Morgan fingerprint density at radius 1 is 1.73 bits per heavy atom. The molecule has 62 valence electrons. The van der Waals surface area contributed by atoms with E-state index in [4.69, 9.17) is 4.74 Å². The fourth-order valence-electron chi connectivity index (χ4n) is 1.19. The van der Waals surface area contributed by atoms with Crippen LogP contribution in [0.4, 0.5) is 0 Å². The summed E-state index contributed by atoms with van der Waals surface area (Å²) in [5.41, 5.74) is 1.22. The van der Waals surface area contributed by atoms with Crippen LogP contribution in [-0.2, 0) is 4.74 Å². The third-order valence-electron chi connectivity index (χ3n) is 1.94. The van der Waals surface area contributed by atoms with Gasteiger partial charge in [-0.3, -0.25) is 0 Å². The van der Waals surface area contributed by atoms with Gasteiger partial charge in [-0.2, -0.15) is 0 Å². The minimum absolute atomic E-state index is 0.210. The van der Waals surface area contributed by atoms with E-state index in [1.54, 1.807) is 0 Å². The summed E-state index contributed by atoms with van der Waals surface area (Å²) < 4.78 is 5.40. The first kappa shape index (κ1) is 8.54. The lowest BCUT2D eigenvalue weighted by Crippen LogP contribution is -2.07. The van der Waals surface area contributed by atoms with Gasteiger partial charge < -0.3 is 4.74 Å². The molecule has 0 fully saturated rings. The van der Waals surface area contributed by atoms with Gasteiger partial charge in [0.1, 0.15) is 0 Å². The zero-order chi connectivity index (χ0) is 8.10. The highest BCUT2D eigenvalue weighted by molar-refractivity contribution is 5.14. The van der Waals surface area contributed by atoms with Crippen molar-refractivity contribution in [2.24, 2.45) is 0 Å². The Labute approximate surface area is 68.8 Å². The quantitative estimate of drug-likeness (QED) is 0.563. The Kier molecular flexibility index (Phi) is 3.37. The number of unbranched alkanes of at least 4 members (excludes halogenated alkanes) is 1. The van der Waals surface area contributed by atoms with E-state index in [0.717, 1.165) is 13.0 Å². The molecule has 1 rings (SSSR count). The summed E-state index contributed by atoms with van der Waals surface area (Å²) >= 11 is 0. The Balaban J connectivity index is 2.23. The Hall–Kier alpha value is -0.560. The standard InChI is InChI=1S/C10H16O/c1-3-4-6-9(2)10-7-5-8-11-10/h5,7,10H,2-4,6,8H2,1H3. The minimum atomic E-state index is 0.210. The van der Waals surface area contributed by atoms with Crippen LogP contribution in [0.3, 0.4) is 0 Å². The molecule has 0 aromatic rings. The van der Waals surface area contributed by atoms with E-state index in [9.17, 15) is 0 Å². The molecule has 11 heavy (non-hydrogen) atoms. The zero-order valence-corrected chi connectivity index (χ0v) is 7.18. The molecule has 1 unspecified atom stereocenters. The molecule has 0 spiro atoms. The second-order valence-corrected chi connectivity index (χ2v) is 2.94. The van der Waals surface area contributed by atoms with E-state index in [1.807, 2.05) is 0 Å². The van der Waals surface area contributed by atoms with Crippen LogP contribution in [0.1, 0.15) is 26.2 Å². The van der Waals surface area contributed by atoms with Crippen molar-refractivity contribution in [2.45, 2.75) is 32.3 Å². The largest absolute Gasteiger partial charge is 0.366 e. The molecular weight excluding hydrogens is 136 g/mol. The van der Waals surface area contributed by atoms with Gasteiger partial charge in [0.05, 0.1) is 12.7 Å². The molecule has 1 nitrogen and oxygen atoms in total. The highest BCUT2D eigenvalue weighted by Gasteiger charge is 2.11. The third kappa shape index (κ3) is 2.51. The normalized spacial score (nSPS) is 22.5. The molecule has 0 radical (unpaired) electrons. The molecular formula is C10H16O. The Morgan fingerprint density at radius 3 is 3.09 bits per heavy atom. The number of rotatable bonds is 4. The molecule has 0 bridgehead atoms. The molecule has 1 aliphatic heterocycles. The average Bonchev–Trinajstić information content (AvgIpc) is 2.52. The summed E-state index contributed by atoms with van der Waals surface area (Å²) in [5.74, 6) is 0. The van der Waals surface area contributed by atoms with Crippen LogP contribution in [0.25, 0.3) is 0 Å². The van der Waals surface area contributed by atoms with Crippen molar-refractivity contribution in [3.8, 4) is 0 Å². The Bertz CT molecular complexity index is 158. The van der Waals surface area contributed by atoms with Crippen LogP contribution < -0.4 is 0 Å². The molecule has 1 aliphatic rings. The van der Waals surface area contributed by atoms with Gasteiger partial charge in [-0.15, -0.1) is 0 Å². The zero-order valence-electron chi connectivity index (χ0n) is 7.18. The molecule has 1 heteroatoms. The van der Waals surface area contributed by atoms with Gasteiger partial charge >= 0.3 is 0 Å². The van der Waals surface area contributed by atoms with Crippen molar-refractivity contribution in [1.29, 1.82) is 0 Å². The van der Waals surface area contributed by atoms with Gasteiger partial charge in [0.2, 0.25) is 0 Å². The molecule has 0 N–H and O–H groups in total. The molecule has 0 aromatic carbocycles. The fourth-order valence-corrected chi connectivity index (χ4v) is 1.19. The highest BCUT2D eigenvalue weighted by Crippen LogP contribution is 2.16. The lowest BCUT2D eigenvalue weighted by atomic mass is 10.1. The van der Waals surface area contributed by atoms with E-state index >= 15 is 0 Å². The molecule has 1 atom stereocenters. The minimum Gasteiger partial charge on any atom is -0.366 e. The summed E-state index contributed by atoms with van der Waals surface area (Å²) in [6.07, 6.45) is 7.93.